The predicted octanol–water partition coefficient (Wildman–Crippen LogP) is 5.12. The van der Waals surface area contributed by atoms with E-state index in [9.17, 15) is 4.79 Å². The number of pyridine rings is 1. The second kappa shape index (κ2) is 9.52. The summed E-state index contributed by atoms with van der Waals surface area (Å²) in [5.74, 6) is 1.27. The van der Waals surface area contributed by atoms with E-state index in [2.05, 4.69) is 51.8 Å². The number of rotatable bonds is 7. The first-order chi connectivity index (χ1) is 16.6. The van der Waals surface area contributed by atoms with Crippen LogP contribution in [0, 0.1) is 6.92 Å². The van der Waals surface area contributed by atoms with Crippen LogP contribution < -0.4 is 5.56 Å². The van der Waals surface area contributed by atoms with Gasteiger partial charge in [-0.25, -0.2) is 4.98 Å². The third kappa shape index (κ3) is 4.05. The topological polar surface area (TPSA) is 78.0 Å². The molecule has 0 amide bonds. The van der Waals surface area contributed by atoms with Crippen LogP contribution in [0.2, 0.25) is 0 Å². The van der Waals surface area contributed by atoms with Crippen LogP contribution in [0.25, 0.3) is 22.0 Å². The highest BCUT2D eigenvalue weighted by Crippen LogP contribution is 2.33. The van der Waals surface area contributed by atoms with Crippen molar-refractivity contribution < 1.29 is 0 Å². The van der Waals surface area contributed by atoms with E-state index in [-0.39, 0.29) is 5.56 Å². The molecular formula is C25H24N6OS2. The molecule has 0 fully saturated rings. The van der Waals surface area contributed by atoms with Gasteiger partial charge in [0, 0.05) is 40.9 Å². The lowest BCUT2D eigenvalue weighted by molar-refractivity contribution is 0.856. The Kier molecular flexibility index (Phi) is 6.30. The molecule has 0 saturated heterocycles. The Hall–Kier alpha value is -3.30. The first-order valence-electron chi connectivity index (χ1n) is 11.2. The summed E-state index contributed by atoms with van der Waals surface area (Å²) in [6.07, 6.45) is 5.35. The number of benzene rings is 1. The van der Waals surface area contributed by atoms with Gasteiger partial charge in [0.15, 0.2) is 15.9 Å². The molecule has 5 rings (SSSR count). The molecule has 4 heterocycles. The van der Waals surface area contributed by atoms with Gasteiger partial charge >= 0.3 is 0 Å². The van der Waals surface area contributed by atoms with Crippen LogP contribution in [-0.4, -0.2) is 29.1 Å². The van der Waals surface area contributed by atoms with Crippen LogP contribution in [-0.2, 0) is 18.6 Å². The molecule has 1 aromatic carbocycles. The minimum atomic E-state index is -0.0542. The number of para-hydroxylation sites is 1. The summed E-state index contributed by atoms with van der Waals surface area (Å²) >= 11 is 3.01. The maximum atomic E-state index is 12.6. The number of aryl methyl sites for hydroxylation is 3. The van der Waals surface area contributed by atoms with E-state index in [4.69, 9.17) is 4.98 Å². The molecule has 0 aliphatic carbocycles. The number of hydrogen-bond acceptors (Lipinski definition) is 7. The predicted molar refractivity (Wildman–Crippen MR) is 137 cm³/mol. The van der Waals surface area contributed by atoms with Gasteiger partial charge in [0.05, 0.1) is 11.4 Å². The Balaban J connectivity index is 1.60. The molecule has 172 valence electrons. The fourth-order valence-corrected chi connectivity index (χ4v) is 5.78. The molecule has 0 spiro atoms. The first kappa shape index (κ1) is 22.5. The summed E-state index contributed by atoms with van der Waals surface area (Å²) in [4.78, 5) is 22.3. The maximum Gasteiger partial charge on any atom is 0.258 e. The quantitative estimate of drug-likeness (QED) is 0.296. The summed E-state index contributed by atoms with van der Waals surface area (Å²) in [6, 6.07) is 11.9. The highest BCUT2D eigenvalue weighted by Gasteiger charge is 2.21. The van der Waals surface area contributed by atoms with E-state index in [1.54, 1.807) is 16.7 Å². The Labute approximate surface area is 205 Å². The zero-order valence-electron chi connectivity index (χ0n) is 19.2. The molecule has 0 unspecified atom stereocenters. The molecule has 9 heteroatoms. The Morgan fingerprint density at radius 3 is 2.56 bits per heavy atom. The van der Waals surface area contributed by atoms with Crippen LogP contribution in [0.5, 0.6) is 0 Å². The van der Waals surface area contributed by atoms with E-state index < -0.39 is 0 Å². The van der Waals surface area contributed by atoms with E-state index in [1.165, 1.54) is 34.2 Å². The summed E-state index contributed by atoms with van der Waals surface area (Å²) in [6.45, 7) is 6.24. The van der Waals surface area contributed by atoms with Crippen molar-refractivity contribution in [3.8, 4) is 17.1 Å². The minimum Gasteiger partial charge on any atom is -0.269 e. The lowest BCUT2D eigenvalue weighted by Gasteiger charge is -2.17. The summed E-state index contributed by atoms with van der Waals surface area (Å²) in [5, 5.41) is 11.8. The number of thiazole rings is 1. The second-order valence-corrected chi connectivity index (χ2v) is 9.66. The second-order valence-electron chi connectivity index (χ2n) is 7.88. The van der Waals surface area contributed by atoms with Crippen LogP contribution in [0.4, 0.5) is 0 Å². The molecular weight excluding hydrogens is 464 g/mol. The molecule has 5 aromatic rings. The van der Waals surface area contributed by atoms with Crippen molar-refractivity contribution in [2.45, 2.75) is 44.5 Å². The highest BCUT2D eigenvalue weighted by molar-refractivity contribution is 7.98. The Bertz CT molecular complexity index is 1500. The Morgan fingerprint density at radius 1 is 1.06 bits per heavy atom. The van der Waals surface area contributed by atoms with Crippen molar-refractivity contribution in [2.75, 3.05) is 0 Å². The molecule has 0 aliphatic rings. The average molecular weight is 489 g/mol. The average Bonchev–Trinajstić information content (AvgIpc) is 3.46. The van der Waals surface area contributed by atoms with Crippen molar-refractivity contribution in [1.29, 1.82) is 0 Å². The van der Waals surface area contributed by atoms with Gasteiger partial charge in [0.2, 0.25) is 0 Å². The number of hydrogen-bond donors (Lipinski definition) is 0. The van der Waals surface area contributed by atoms with Gasteiger partial charge in [-0.1, -0.05) is 43.8 Å². The third-order valence-electron chi connectivity index (χ3n) is 5.72. The van der Waals surface area contributed by atoms with E-state index in [0.29, 0.717) is 10.7 Å². The minimum absolute atomic E-state index is 0.0542. The fraction of sp³-hybridized carbons (Fsp3) is 0.240. The largest absolute Gasteiger partial charge is 0.269 e. The normalized spacial score (nSPS) is 11.4. The highest BCUT2D eigenvalue weighted by atomic mass is 32.2. The zero-order chi connectivity index (χ0) is 23.7. The van der Waals surface area contributed by atoms with E-state index >= 15 is 0 Å². The summed E-state index contributed by atoms with van der Waals surface area (Å²) in [5.41, 5.74) is 6.07. The van der Waals surface area contributed by atoms with Crippen LogP contribution in [0.1, 0.15) is 36.4 Å². The van der Waals surface area contributed by atoms with Gasteiger partial charge in [-0.05, 0) is 43.0 Å². The molecule has 0 bridgehead atoms. The van der Waals surface area contributed by atoms with Crippen LogP contribution in [0.15, 0.2) is 64.1 Å². The number of thioether (sulfide) groups is 1. The number of nitrogens with zero attached hydrogens (tertiary/aromatic N) is 6. The van der Waals surface area contributed by atoms with Crippen LogP contribution in [0.3, 0.4) is 0 Å². The molecule has 0 N–H and O–H groups in total. The molecule has 0 atom stereocenters. The lowest BCUT2D eigenvalue weighted by atomic mass is 10.0. The van der Waals surface area contributed by atoms with Gasteiger partial charge in [-0.15, -0.1) is 21.5 Å². The third-order valence-corrected chi connectivity index (χ3v) is 7.63. The van der Waals surface area contributed by atoms with Gasteiger partial charge < -0.3 is 0 Å². The molecule has 7 nitrogen and oxygen atoms in total. The van der Waals surface area contributed by atoms with Gasteiger partial charge in [-0.2, -0.15) is 0 Å². The first-order valence-corrected chi connectivity index (χ1v) is 13.0. The van der Waals surface area contributed by atoms with Crippen molar-refractivity contribution in [3.63, 3.8) is 0 Å². The molecule has 4 aromatic heterocycles. The molecule has 0 aliphatic heterocycles. The SMILES string of the molecule is CCc1cccc(CC)c1-n1c(SCc2cc(=O)n3c(C)csc3n2)nnc1-c1cccnc1. The van der Waals surface area contributed by atoms with Crippen molar-refractivity contribution in [3.05, 3.63) is 87.0 Å². The van der Waals surface area contributed by atoms with Crippen LogP contribution >= 0.6 is 23.1 Å². The zero-order valence-corrected chi connectivity index (χ0v) is 20.9. The van der Waals surface area contributed by atoms with Gasteiger partial charge in [0.1, 0.15) is 0 Å². The van der Waals surface area contributed by atoms with Gasteiger partial charge in [-0.3, -0.25) is 18.7 Å². The van der Waals surface area contributed by atoms with Gasteiger partial charge in [0.25, 0.3) is 5.56 Å². The van der Waals surface area contributed by atoms with Crippen molar-refractivity contribution in [2.24, 2.45) is 0 Å². The lowest BCUT2D eigenvalue weighted by Crippen LogP contribution is -2.14. The van der Waals surface area contributed by atoms with Crippen molar-refractivity contribution >= 4 is 28.1 Å². The molecule has 0 radical (unpaired) electrons. The standard InChI is InChI=1S/C25H24N6OS2/c1-4-17-8-6-9-18(5-2)22(17)31-23(19-10-7-11-26-13-19)28-29-25(31)34-15-20-12-21(32)30-16(3)14-33-24(30)27-20/h6-14H,4-5,15H2,1-3H3. The van der Waals surface area contributed by atoms with Crippen molar-refractivity contribution in [1.82, 2.24) is 29.1 Å². The van der Waals surface area contributed by atoms with E-state index in [0.717, 1.165) is 46.5 Å². The molecule has 34 heavy (non-hydrogen) atoms. The van der Waals surface area contributed by atoms with E-state index in [1.807, 2.05) is 30.6 Å². The summed E-state index contributed by atoms with van der Waals surface area (Å²) in [7, 11) is 0. The maximum absolute atomic E-state index is 12.6. The monoisotopic (exact) mass is 488 g/mol. The fourth-order valence-electron chi connectivity index (χ4n) is 4.06. The number of fused-ring (bicyclic) bond motifs is 1. The smallest absolute Gasteiger partial charge is 0.258 e. The Morgan fingerprint density at radius 2 is 1.85 bits per heavy atom. The molecule has 0 saturated carbocycles. The number of aromatic nitrogens is 6. The summed E-state index contributed by atoms with van der Waals surface area (Å²) < 4.78 is 3.78.